The van der Waals surface area contributed by atoms with Crippen molar-refractivity contribution in [3.8, 4) is 0 Å². The van der Waals surface area contributed by atoms with Gasteiger partial charge in [0.15, 0.2) is 6.17 Å². The number of furan rings is 1. The van der Waals surface area contributed by atoms with Gasteiger partial charge in [-0.25, -0.2) is 14.4 Å². The number of hydrogen-bond acceptors (Lipinski definition) is 4. The van der Waals surface area contributed by atoms with Crippen LogP contribution in [0.3, 0.4) is 0 Å². The van der Waals surface area contributed by atoms with Crippen LogP contribution in [0.1, 0.15) is 42.3 Å². The number of halogens is 1. The van der Waals surface area contributed by atoms with E-state index in [4.69, 9.17) is 9.40 Å². The van der Waals surface area contributed by atoms with Gasteiger partial charge in [0.1, 0.15) is 22.6 Å². The largest absolute Gasteiger partial charge is 0.456 e. The summed E-state index contributed by atoms with van der Waals surface area (Å²) >= 11 is 0. The van der Waals surface area contributed by atoms with Crippen LogP contribution in [-0.4, -0.2) is 14.4 Å². The summed E-state index contributed by atoms with van der Waals surface area (Å²) in [7, 11) is 0. The number of benzene rings is 5. The predicted molar refractivity (Wildman–Crippen MR) is 191 cm³/mol. The molecule has 1 atom stereocenters. The minimum Gasteiger partial charge on any atom is -0.456 e. The van der Waals surface area contributed by atoms with Crippen LogP contribution in [0.5, 0.6) is 0 Å². The molecule has 5 heterocycles. The summed E-state index contributed by atoms with van der Waals surface area (Å²) in [4.78, 5) is 11.7. The van der Waals surface area contributed by atoms with Crippen molar-refractivity contribution in [2.45, 2.75) is 25.4 Å². The van der Waals surface area contributed by atoms with Gasteiger partial charge in [-0.1, -0.05) is 80.6 Å². The first-order valence-corrected chi connectivity index (χ1v) is 16.2. The van der Waals surface area contributed by atoms with E-state index in [0.29, 0.717) is 11.1 Å². The summed E-state index contributed by atoms with van der Waals surface area (Å²) in [5.41, 5.74) is 8.53. The van der Waals surface area contributed by atoms with Crippen molar-refractivity contribution >= 4 is 66.5 Å². The first kappa shape index (κ1) is 27.1. The van der Waals surface area contributed by atoms with Gasteiger partial charge in [-0.05, 0) is 70.6 Å². The highest BCUT2D eigenvalue weighted by atomic mass is 19.1. The number of nitrogens with zero attached hydrogens (tertiary/aromatic N) is 4. The summed E-state index contributed by atoms with van der Waals surface area (Å²) in [6.45, 7) is 4.50. The Kier molecular flexibility index (Phi) is 5.51. The minimum atomic E-state index is -1.35. The van der Waals surface area contributed by atoms with Crippen LogP contribution in [0, 0.1) is 0 Å². The Hall–Kier alpha value is -6.01. The molecule has 0 radical (unpaired) electrons. The zero-order valence-corrected chi connectivity index (χ0v) is 26.4. The Morgan fingerprint density at radius 1 is 0.688 bits per heavy atom. The zero-order chi connectivity index (χ0) is 32.1. The second kappa shape index (κ2) is 9.75. The summed E-state index contributed by atoms with van der Waals surface area (Å²) in [6, 6.07) is 38.4. The molecule has 230 valence electrons. The molecule has 48 heavy (non-hydrogen) atoms. The maximum absolute atomic E-state index is 16.8. The Balaban J connectivity index is 1.15. The standard InChI is InChI=1S/C42H29FN4O/c1-42(2)32-13-8-20-44-41(32)47(34-18-19-36-37(38(34)42)30-12-4-6-15-35(30)48-36)27-10-7-9-25(23-27)39(43)26-16-17-28-29-11-3-5-14-33(29)46-22-21-45-40(46)31(28)24-26/h3-24,39H,1-2H3. The number of imidazole rings is 1. The van der Waals surface area contributed by atoms with E-state index in [1.807, 2.05) is 91.3 Å². The van der Waals surface area contributed by atoms with Crippen LogP contribution >= 0.6 is 0 Å². The summed E-state index contributed by atoms with van der Waals surface area (Å²) < 4.78 is 25.2. The molecule has 10 rings (SSSR count). The molecule has 9 aromatic rings. The third-order valence-corrected chi connectivity index (χ3v) is 10.2. The number of anilines is 3. The van der Waals surface area contributed by atoms with Gasteiger partial charge in [0.05, 0.1) is 11.2 Å². The van der Waals surface area contributed by atoms with Gasteiger partial charge in [-0.3, -0.25) is 9.30 Å². The lowest BCUT2D eigenvalue weighted by molar-refractivity contribution is 0.402. The summed E-state index contributed by atoms with van der Waals surface area (Å²) in [6.07, 6.45) is 4.24. The van der Waals surface area contributed by atoms with Gasteiger partial charge in [0.2, 0.25) is 0 Å². The Morgan fingerprint density at radius 3 is 2.44 bits per heavy atom. The van der Waals surface area contributed by atoms with Crippen LogP contribution in [0.25, 0.3) is 49.3 Å². The quantitative estimate of drug-likeness (QED) is 0.184. The van der Waals surface area contributed by atoms with Gasteiger partial charge < -0.3 is 4.42 Å². The number of rotatable bonds is 3. The van der Waals surface area contributed by atoms with Crippen molar-refractivity contribution in [3.05, 3.63) is 156 Å². The molecule has 0 N–H and O–H groups in total. The highest BCUT2D eigenvalue weighted by molar-refractivity contribution is 6.12. The maximum atomic E-state index is 16.8. The molecule has 5 aromatic carbocycles. The van der Waals surface area contributed by atoms with E-state index < -0.39 is 6.17 Å². The average molecular weight is 625 g/mol. The van der Waals surface area contributed by atoms with E-state index in [9.17, 15) is 0 Å². The highest BCUT2D eigenvalue weighted by Gasteiger charge is 2.40. The molecule has 0 aliphatic carbocycles. The normalized spacial score (nSPS) is 14.6. The molecule has 0 spiro atoms. The van der Waals surface area contributed by atoms with Crippen LogP contribution in [0.2, 0.25) is 0 Å². The smallest absolute Gasteiger partial charge is 0.150 e. The lowest BCUT2D eigenvalue weighted by atomic mass is 9.73. The van der Waals surface area contributed by atoms with Gasteiger partial charge >= 0.3 is 0 Å². The van der Waals surface area contributed by atoms with Crippen LogP contribution < -0.4 is 4.90 Å². The van der Waals surface area contributed by atoms with Gasteiger partial charge in [0, 0.05) is 56.8 Å². The fourth-order valence-corrected chi connectivity index (χ4v) is 7.96. The topological polar surface area (TPSA) is 46.6 Å². The number of alkyl halides is 1. The zero-order valence-electron chi connectivity index (χ0n) is 26.4. The van der Waals surface area contributed by atoms with E-state index in [0.717, 1.165) is 77.6 Å². The molecule has 4 aromatic heterocycles. The average Bonchev–Trinajstić information content (AvgIpc) is 3.77. The molecule has 0 saturated carbocycles. The Bertz CT molecular complexity index is 2760. The number of hydrogen-bond donors (Lipinski definition) is 0. The van der Waals surface area contributed by atoms with Gasteiger partial charge in [-0.15, -0.1) is 0 Å². The molecular weight excluding hydrogens is 595 g/mol. The second-order valence-electron chi connectivity index (χ2n) is 13.2. The number of fused-ring (bicyclic) bond motifs is 12. The lowest BCUT2D eigenvalue weighted by Crippen LogP contribution is -2.31. The van der Waals surface area contributed by atoms with Crippen LogP contribution in [0.4, 0.5) is 21.6 Å². The van der Waals surface area contributed by atoms with Crippen molar-refractivity contribution in [2.75, 3.05) is 4.90 Å². The predicted octanol–water partition coefficient (Wildman–Crippen LogP) is 11.1. The van der Waals surface area contributed by atoms with Crippen molar-refractivity contribution in [3.63, 3.8) is 0 Å². The van der Waals surface area contributed by atoms with E-state index >= 15 is 4.39 Å². The second-order valence-corrected chi connectivity index (χ2v) is 13.2. The highest BCUT2D eigenvalue weighted by Crippen LogP contribution is 2.54. The molecular formula is C42H29FN4O. The SMILES string of the molecule is CC1(C)c2cccnc2N(c2cccc(C(F)c3ccc4c5ccccc5n5ccnc5c4c3)c2)c2ccc3oc4ccccc4c3c21. The first-order valence-electron chi connectivity index (χ1n) is 16.2. The van der Waals surface area contributed by atoms with Crippen molar-refractivity contribution < 1.29 is 8.81 Å². The summed E-state index contributed by atoms with van der Waals surface area (Å²) in [5, 5.41) is 5.28. The van der Waals surface area contributed by atoms with E-state index in [1.54, 1.807) is 6.20 Å². The fraction of sp³-hybridized carbons (Fsp3) is 0.0952. The molecule has 5 nitrogen and oxygen atoms in total. The minimum absolute atomic E-state index is 0.366. The van der Waals surface area contributed by atoms with Crippen molar-refractivity contribution in [1.82, 2.24) is 14.4 Å². The van der Waals surface area contributed by atoms with Crippen LogP contribution in [0.15, 0.2) is 138 Å². The molecule has 6 heteroatoms. The van der Waals surface area contributed by atoms with E-state index in [-0.39, 0.29) is 5.41 Å². The molecule has 0 amide bonds. The number of pyridine rings is 2. The third kappa shape index (κ3) is 3.65. The lowest BCUT2D eigenvalue weighted by Gasteiger charge is -2.41. The van der Waals surface area contributed by atoms with E-state index in [1.165, 1.54) is 0 Å². The third-order valence-electron chi connectivity index (χ3n) is 10.2. The number of aromatic nitrogens is 3. The van der Waals surface area contributed by atoms with Crippen molar-refractivity contribution in [2.24, 2.45) is 0 Å². The Morgan fingerprint density at radius 2 is 1.52 bits per heavy atom. The molecule has 0 saturated heterocycles. The van der Waals surface area contributed by atoms with Crippen molar-refractivity contribution in [1.29, 1.82) is 0 Å². The van der Waals surface area contributed by atoms with Gasteiger partial charge in [-0.2, -0.15) is 0 Å². The van der Waals surface area contributed by atoms with Gasteiger partial charge in [0.25, 0.3) is 0 Å². The molecule has 1 aliphatic heterocycles. The monoisotopic (exact) mass is 624 g/mol. The van der Waals surface area contributed by atoms with E-state index in [2.05, 4.69) is 64.5 Å². The summed E-state index contributed by atoms with van der Waals surface area (Å²) in [5.74, 6) is 0.842. The first-order chi connectivity index (χ1) is 23.5. The fourth-order valence-electron chi connectivity index (χ4n) is 7.96. The number of para-hydroxylation sites is 2. The molecule has 0 fully saturated rings. The Labute approximate surface area is 275 Å². The maximum Gasteiger partial charge on any atom is 0.150 e. The molecule has 1 aliphatic rings. The molecule has 1 unspecified atom stereocenters. The van der Waals surface area contributed by atoms with Crippen LogP contribution in [-0.2, 0) is 5.41 Å². The molecule has 0 bridgehead atoms.